The van der Waals surface area contributed by atoms with Crippen LogP contribution in [0.2, 0.25) is 0 Å². The van der Waals surface area contributed by atoms with Crippen LogP contribution in [-0.2, 0) is 0 Å². The van der Waals surface area contributed by atoms with Crippen LogP contribution in [0, 0.1) is 6.92 Å². The van der Waals surface area contributed by atoms with Crippen LogP contribution in [0.15, 0.2) is 22.8 Å². The largest absolute Gasteiger partial charge is 0.293 e. The highest BCUT2D eigenvalue weighted by molar-refractivity contribution is 9.10. The lowest BCUT2D eigenvalue weighted by Gasteiger charge is -2.02. The second kappa shape index (κ2) is 3.20. The van der Waals surface area contributed by atoms with Gasteiger partial charge < -0.3 is 0 Å². The number of Topliss-reactive ketones (excluding diaryl/α,β-unsaturated/α-hetero) is 1. The van der Waals surface area contributed by atoms with Crippen molar-refractivity contribution >= 4 is 27.2 Å². The standard InChI is InChI=1S/C10H9BrN2O/c1-6(14)8-4-3-5-9-10(11)12-7(2)13(8)9/h3-5H,1-2H3. The van der Waals surface area contributed by atoms with E-state index < -0.39 is 0 Å². The van der Waals surface area contributed by atoms with Crippen molar-refractivity contribution in [3.63, 3.8) is 0 Å². The van der Waals surface area contributed by atoms with E-state index in [0.29, 0.717) is 5.69 Å². The normalized spacial score (nSPS) is 10.8. The Morgan fingerprint density at radius 3 is 2.86 bits per heavy atom. The highest BCUT2D eigenvalue weighted by Crippen LogP contribution is 2.20. The first-order valence-corrected chi connectivity index (χ1v) is 5.05. The van der Waals surface area contributed by atoms with Crippen LogP contribution in [0.3, 0.4) is 0 Å². The molecule has 3 nitrogen and oxygen atoms in total. The third-order valence-electron chi connectivity index (χ3n) is 2.15. The third kappa shape index (κ3) is 1.26. The predicted octanol–water partition coefficient (Wildman–Crippen LogP) is 2.61. The minimum atomic E-state index is 0.0450. The van der Waals surface area contributed by atoms with Crippen molar-refractivity contribution in [3.8, 4) is 0 Å². The molecule has 2 aromatic rings. The van der Waals surface area contributed by atoms with Gasteiger partial charge in [0.15, 0.2) is 5.78 Å². The molecule has 0 aliphatic heterocycles. The van der Waals surface area contributed by atoms with Crippen molar-refractivity contribution in [2.45, 2.75) is 13.8 Å². The van der Waals surface area contributed by atoms with Crippen LogP contribution < -0.4 is 0 Å². The van der Waals surface area contributed by atoms with E-state index in [1.165, 1.54) is 0 Å². The molecule has 0 unspecified atom stereocenters. The molecule has 4 heteroatoms. The molecule has 2 aromatic heterocycles. The number of nitrogens with zero attached hydrogens (tertiary/aromatic N) is 2. The van der Waals surface area contributed by atoms with E-state index in [0.717, 1.165) is 15.9 Å². The van der Waals surface area contributed by atoms with Gasteiger partial charge in [0.1, 0.15) is 10.4 Å². The van der Waals surface area contributed by atoms with Gasteiger partial charge in [0, 0.05) is 6.92 Å². The quantitative estimate of drug-likeness (QED) is 0.732. The molecular formula is C10H9BrN2O. The zero-order chi connectivity index (χ0) is 10.3. The van der Waals surface area contributed by atoms with Crippen LogP contribution >= 0.6 is 15.9 Å². The molecule has 2 rings (SSSR count). The minimum absolute atomic E-state index is 0.0450. The predicted molar refractivity (Wildman–Crippen MR) is 57.6 cm³/mol. The first-order valence-electron chi connectivity index (χ1n) is 4.26. The Hall–Kier alpha value is -1.16. The summed E-state index contributed by atoms with van der Waals surface area (Å²) in [6.07, 6.45) is 0. The molecule has 72 valence electrons. The van der Waals surface area contributed by atoms with Gasteiger partial charge in [-0.25, -0.2) is 4.98 Å². The number of carbonyl (C=O) groups is 1. The molecule has 0 aromatic carbocycles. The fourth-order valence-corrected chi connectivity index (χ4v) is 2.11. The lowest BCUT2D eigenvalue weighted by atomic mass is 10.2. The summed E-state index contributed by atoms with van der Waals surface area (Å²) in [5.74, 6) is 0.862. The highest BCUT2D eigenvalue weighted by atomic mass is 79.9. The number of hydrogen-bond donors (Lipinski definition) is 0. The van der Waals surface area contributed by atoms with E-state index >= 15 is 0 Å². The molecule has 0 radical (unpaired) electrons. The topological polar surface area (TPSA) is 34.4 Å². The molecule has 2 heterocycles. The van der Waals surface area contributed by atoms with Crippen molar-refractivity contribution in [1.29, 1.82) is 0 Å². The molecule has 0 atom stereocenters. The number of ketones is 1. The SMILES string of the molecule is CC(=O)c1cccc2c(Br)nc(C)n12. The maximum atomic E-state index is 11.4. The van der Waals surface area contributed by atoms with E-state index in [1.54, 1.807) is 13.0 Å². The zero-order valence-electron chi connectivity index (χ0n) is 7.91. The number of rotatable bonds is 1. The number of hydrogen-bond acceptors (Lipinski definition) is 2. The highest BCUT2D eigenvalue weighted by Gasteiger charge is 2.10. The molecular weight excluding hydrogens is 244 g/mol. The maximum Gasteiger partial charge on any atom is 0.176 e. The van der Waals surface area contributed by atoms with Crippen LogP contribution in [0.1, 0.15) is 23.2 Å². The van der Waals surface area contributed by atoms with Crippen molar-refractivity contribution in [1.82, 2.24) is 9.38 Å². The second-order valence-electron chi connectivity index (χ2n) is 3.14. The van der Waals surface area contributed by atoms with Gasteiger partial charge in [-0.2, -0.15) is 0 Å². The number of halogens is 1. The number of carbonyl (C=O) groups excluding carboxylic acids is 1. The number of pyridine rings is 1. The minimum Gasteiger partial charge on any atom is -0.293 e. The van der Waals surface area contributed by atoms with Gasteiger partial charge >= 0.3 is 0 Å². The van der Waals surface area contributed by atoms with Crippen molar-refractivity contribution < 1.29 is 4.79 Å². The Morgan fingerprint density at radius 2 is 2.21 bits per heavy atom. The fourth-order valence-electron chi connectivity index (χ4n) is 1.54. The fraction of sp³-hybridized carbons (Fsp3) is 0.200. The van der Waals surface area contributed by atoms with Crippen LogP contribution in [0.25, 0.3) is 5.52 Å². The van der Waals surface area contributed by atoms with Crippen LogP contribution in [0.4, 0.5) is 0 Å². The molecule has 0 bridgehead atoms. The van der Waals surface area contributed by atoms with Gasteiger partial charge in [-0.1, -0.05) is 6.07 Å². The van der Waals surface area contributed by atoms with Gasteiger partial charge in [0.05, 0.1) is 11.2 Å². The molecule has 0 amide bonds. The summed E-state index contributed by atoms with van der Waals surface area (Å²) in [4.78, 5) is 15.6. The lowest BCUT2D eigenvalue weighted by molar-refractivity contribution is 0.101. The van der Waals surface area contributed by atoms with Crippen LogP contribution in [0.5, 0.6) is 0 Å². The maximum absolute atomic E-state index is 11.4. The van der Waals surface area contributed by atoms with Crippen molar-refractivity contribution in [2.24, 2.45) is 0 Å². The van der Waals surface area contributed by atoms with E-state index in [1.807, 2.05) is 23.5 Å². The Kier molecular flexibility index (Phi) is 2.15. The monoisotopic (exact) mass is 252 g/mol. The van der Waals surface area contributed by atoms with Crippen molar-refractivity contribution in [2.75, 3.05) is 0 Å². The number of aryl methyl sites for hydroxylation is 1. The number of aromatic nitrogens is 2. The summed E-state index contributed by atoms with van der Waals surface area (Å²) >= 11 is 3.36. The summed E-state index contributed by atoms with van der Waals surface area (Å²) in [7, 11) is 0. The average molecular weight is 253 g/mol. The van der Waals surface area contributed by atoms with E-state index in [9.17, 15) is 4.79 Å². The van der Waals surface area contributed by atoms with E-state index in [4.69, 9.17) is 0 Å². The molecule has 14 heavy (non-hydrogen) atoms. The zero-order valence-corrected chi connectivity index (χ0v) is 9.50. The Labute approximate surface area is 89.9 Å². The molecule has 0 saturated heterocycles. The molecule has 0 spiro atoms. The summed E-state index contributed by atoms with van der Waals surface area (Å²) in [5.41, 5.74) is 1.59. The molecule has 0 aliphatic rings. The smallest absolute Gasteiger partial charge is 0.176 e. The Bertz CT molecular complexity index is 516. The Balaban J connectivity index is 2.92. The molecule has 0 N–H and O–H groups in total. The Morgan fingerprint density at radius 1 is 1.50 bits per heavy atom. The summed E-state index contributed by atoms with van der Waals surface area (Å²) in [6.45, 7) is 3.44. The first-order chi connectivity index (χ1) is 6.61. The molecule has 0 aliphatic carbocycles. The van der Waals surface area contributed by atoms with E-state index in [2.05, 4.69) is 20.9 Å². The third-order valence-corrected chi connectivity index (χ3v) is 2.73. The summed E-state index contributed by atoms with van der Waals surface area (Å²) < 4.78 is 2.63. The van der Waals surface area contributed by atoms with Gasteiger partial charge in [-0.15, -0.1) is 0 Å². The number of imidazole rings is 1. The summed E-state index contributed by atoms with van der Waals surface area (Å²) in [5, 5.41) is 0. The van der Waals surface area contributed by atoms with Crippen molar-refractivity contribution in [3.05, 3.63) is 34.3 Å². The lowest BCUT2D eigenvalue weighted by Crippen LogP contribution is -2.03. The van der Waals surface area contributed by atoms with Gasteiger partial charge in [0.2, 0.25) is 0 Å². The molecule has 0 fully saturated rings. The van der Waals surface area contributed by atoms with Crippen LogP contribution in [-0.4, -0.2) is 15.2 Å². The first kappa shape index (κ1) is 9.40. The number of fused-ring (bicyclic) bond motifs is 1. The molecule has 0 saturated carbocycles. The summed E-state index contributed by atoms with van der Waals surface area (Å²) in [6, 6.07) is 5.59. The van der Waals surface area contributed by atoms with Gasteiger partial charge in [0.25, 0.3) is 0 Å². The van der Waals surface area contributed by atoms with Gasteiger partial charge in [-0.3, -0.25) is 9.20 Å². The average Bonchev–Trinajstić information content (AvgIpc) is 2.43. The van der Waals surface area contributed by atoms with E-state index in [-0.39, 0.29) is 5.78 Å². The van der Waals surface area contributed by atoms with Gasteiger partial charge in [-0.05, 0) is 35.0 Å². The second-order valence-corrected chi connectivity index (χ2v) is 3.89.